The van der Waals surface area contributed by atoms with Crippen molar-refractivity contribution in [2.75, 3.05) is 0 Å². The van der Waals surface area contributed by atoms with Crippen LogP contribution in [0.3, 0.4) is 0 Å². The number of carbonyl (C=O) groups excluding carboxylic acids is 1. The molecule has 1 aliphatic heterocycles. The number of hydrogen-bond donors (Lipinski definition) is 0. The third-order valence-electron chi connectivity index (χ3n) is 3.13. The highest BCUT2D eigenvalue weighted by Crippen LogP contribution is 2.40. The van der Waals surface area contributed by atoms with E-state index in [2.05, 4.69) is 13.2 Å². The van der Waals surface area contributed by atoms with E-state index in [1.54, 1.807) is 0 Å². The Morgan fingerprint density at radius 1 is 1.46 bits per heavy atom. The summed E-state index contributed by atoms with van der Waals surface area (Å²) in [4.78, 5) is 11.2. The monoisotopic (exact) mass is 178 g/mol. The summed E-state index contributed by atoms with van der Waals surface area (Å²) in [5, 5.41) is 0. The summed E-state index contributed by atoms with van der Waals surface area (Å²) >= 11 is 0. The van der Waals surface area contributed by atoms with Crippen molar-refractivity contribution < 1.29 is 9.53 Å². The molecule has 2 nitrogen and oxygen atoms in total. The molecule has 3 unspecified atom stereocenters. The first kappa shape index (κ1) is 8.54. The molecule has 0 radical (unpaired) electrons. The summed E-state index contributed by atoms with van der Waals surface area (Å²) < 4.78 is 5.20. The molecule has 0 spiro atoms. The number of rotatable bonds is 1. The molecule has 1 saturated carbocycles. The molecule has 2 aliphatic rings. The lowest BCUT2D eigenvalue weighted by Crippen LogP contribution is -2.25. The first-order valence-electron chi connectivity index (χ1n) is 4.74. The van der Waals surface area contributed by atoms with Crippen molar-refractivity contribution >= 4 is 5.97 Å². The van der Waals surface area contributed by atoms with E-state index in [1.165, 1.54) is 0 Å². The molecule has 0 aromatic heterocycles. The maximum Gasteiger partial charge on any atom is 0.334 e. The van der Waals surface area contributed by atoms with Crippen LogP contribution in [0.5, 0.6) is 0 Å². The van der Waals surface area contributed by atoms with Crippen LogP contribution in [0.25, 0.3) is 0 Å². The minimum absolute atomic E-state index is 0.108. The Kier molecular flexibility index (Phi) is 1.98. The molecule has 13 heavy (non-hydrogen) atoms. The fourth-order valence-corrected chi connectivity index (χ4v) is 2.26. The molecule has 3 atom stereocenters. The van der Waals surface area contributed by atoms with Gasteiger partial charge >= 0.3 is 5.97 Å². The van der Waals surface area contributed by atoms with Crippen LogP contribution >= 0.6 is 0 Å². The Labute approximate surface area is 78.3 Å². The number of fused-ring (bicyclic) bond motifs is 1. The molecule has 2 heteroatoms. The Morgan fingerprint density at radius 2 is 2.23 bits per heavy atom. The normalized spacial score (nSPS) is 38.3. The van der Waals surface area contributed by atoms with Crippen LogP contribution in [0, 0.1) is 11.8 Å². The molecule has 70 valence electrons. The number of ether oxygens (including phenoxy) is 1. The van der Waals surface area contributed by atoms with Gasteiger partial charge < -0.3 is 4.74 Å². The molecule has 0 amide bonds. The maximum absolute atomic E-state index is 11.2. The van der Waals surface area contributed by atoms with E-state index in [9.17, 15) is 4.79 Å². The highest BCUT2D eigenvalue weighted by Gasteiger charge is 2.41. The third kappa shape index (κ3) is 1.30. The second-order valence-corrected chi connectivity index (χ2v) is 3.88. The van der Waals surface area contributed by atoms with Crippen LogP contribution in [0.2, 0.25) is 0 Å². The van der Waals surface area contributed by atoms with Crippen LogP contribution in [-0.2, 0) is 9.53 Å². The van der Waals surface area contributed by atoms with Gasteiger partial charge in [-0.25, -0.2) is 4.79 Å². The standard InChI is InChI=1S/C11H14O2/c1-3-8-4-5-10-9(6-8)7(2)11(12)13-10/h3,8-10H,1-2,4-6H2. The molecule has 2 fully saturated rings. The summed E-state index contributed by atoms with van der Waals surface area (Å²) in [5.74, 6) is 0.594. The highest BCUT2D eigenvalue weighted by atomic mass is 16.6. The summed E-state index contributed by atoms with van der Waals surface area (Å²) in [7, 11) is 0. The molecule has 1 heterocycles. The van der Waals surface area contributed by atoms with Crippen LogP contribution in [0.4, 0.5) is 0 Å². The van der Waals surface area contributed by atoms with Crippen molar-refractivity contribution in [3.05, 3.63) is 24.8 Å². The Hall–Kier alpha value is -1.05. The summed E-state index contributed by atoms with van der Waals surface area (Å²) in [6, 6.07) is 0. The van der Waals surface area contributed by atoms with Gasteiger partial charge in [-0.05, 0) is 25.2 Å². The summed E-state index contributed by atoms with van der Waals surface area (Å²) in [5.41, 5.74) is 0.663. The lowest BCUT2D eigenvalue weighted by atomic mass is 9.78. The van der Waals surface area contributed by atoms with E-state index in [-0.39, 0.29) is 18.0 Å². The van der Waals surface area contributed by atoms with Gasteiger partial charge in [0.15, 0.2) is 0 Å². The van der Waals surface area contributed by atoms with Crippen molar-refractivity contribution in [1.29, 1.82) is 0 Å². The van der Waals surface area contributed by atoms with E-state index < -0.39 is 0 Å². The molecule has 0 bridgehead atoms. The van der Waals surface area contributed by atoms with Gasteiger partial charge in [-0.15, -0.1) is 6.58 Å². The van der Waals surface area contributed by atoms with Crippen LogP contribution in [-0.4, -0.2) is 12.1 Å². The first-order valence-corrected chi connectivity index (χ1v) is 4.74. The van der Waals surface area contributed by atoms with E-state index in [4.69, 9.17) is 4.74 Å². The third-order valence-corrected chi connectivity index (χ3v) is 3.13. The van der Waals surface area contributed by atoms with E-state index >= 15 is 0 Å². The number of allylic oxidation sites excluding steroid dienone is 1. The summed E-state index contributed by atoms with van der Waals surface area (Å²) in [6.45, 7) is 7.57. The minimum atomic E-state index is -0.195. The Morgan fingerprint density at radius 3 is 2.92 bits per heavy atom. The van der Waals surface area contributed by atoms with Crippen molar-refractivity contribution in [2.24, 2.45) is 11.8 Å². The smallest absolute Gasteiger partial charge is 0.334 e. The first-order chi connectivity index (χ1) is 6.22. The van der Waals surface area contributed by atoms with Crippen molar-refractivity contribution in [1.82, 2.24) is 0 Å². The van der Waals surface area contributed by atoms with Gasteiger partial charge in [0.1, 0.15) is 6.10 Å². The SMILES string of the molecule is C=CC1CCC2OC(=O)C(=C)C2C1. The second kappa shape index (κ2) is 3.02. The fraction of sp³-hybridized carbons (Fsp3) is 0.545. The average molecular weight is 178 g/mol. The molecule has 0 N–H and O–H groups in total. The van der Waals surface area contributed by atoms with Gasteiger partial charge in [0.05, 0.1) is 0 Å². The van der Waals surface area contributed by atoms with Crippen molar-refractivity contribution in [2.45, 2.75) is 25.4 Å². The molecule has 0 aromatic carbocycles. The molecule has 1 saturated heterocycles. The maximum atomic E-state index is 11.2. The van der Waals surface area contributed by atoms with Gasteiger partial charge in [0.25, 0.3) is 0 Å². The Bertz CT molecular complexity index is 267. The fourth-order valence-electron chi connectivity index (χ4n) is 2.26. The minimum Gasteiger partial charge on any atom is -0.458 e. The number of hydrogen-bond acceptors (Lipinski definition) is 2. The molecular formula is C11H14O2. The quantitative estimate of drug-likeness (QED) is 0.349. The highest BCUT2D eigenvalue weighted by molar-refractivity contribution is 5.90. The van der Waals surface area contributed by atoms with Gasteiger partial charge in [0, 0.05) is 11.5 Å². The van der Waals surface area contributed by atoms with E-state index in [1.807, 2.05) is 6.08 Å². The predicted molar refractivity (Wildman–Crippen MR) is 50.0 cm³/mol. The van der Waals surface area contributed by atoms with Gasteiger partial charge in [-0.2, -0.15) is 0 Å². The van der Waals surface area contributed by atoms with E-state index in [0.29, 0.717) is 11.5 Å². The zero-order chi connectivity index (χ0) is 9.42. The lowest BCUT2D eigenvalue weighted by molar-refractivity contribution is -0.139. The van der Waals surface area contributed by atoms with Crippen LogP contribution in [0.15, 0.2) is 24.8 Å². The van der Waals surface area contributed by atoms with Gasteiger partial charge in [-0.1, -0.05) is 12.7 Å². The number of carbonyl (C=O) groups is 1. The topological polar surface area (TPSA) is 26.3 Å². The zero-order valence-electron chi connectivity index (χ0n) is 7.66. The lowest BCUT2D eigenvalue weighted by Gasteiger charge is -2.27. The molecular weight excluding hydrogens is 164 g/mol. The van der Waals surface area contributed by atoms with Crippen LogP contribution < -0.4 is 0 Å². The number of esters is 1. The van der Waals surface area contributed by atoms with Gasteiger partial charge in [-0.3, -0.25) is 0 Å². The largest absolute Gasteiger partial charge is 0.458 e. The molecule has 2 rings (SSSR count). The van der Waals surface area contributed by atoms with Crippen LogP contribution in [0.1, 0.15) is 19.3 Å². The van der Waals surface area contributed by atoms with Gasteiger partial charge in [0.2, 0.25) is 0 Å². The Balaban J connectivity index is 2.13. The molecule has 1 aliphatic carbocycles. The summed E-state index contributed by atoms with van der Waals surface area (Å²) in [6.07, 6.45) is 5.12. The average Bonchev–Trinajstić information content (AvgIpc) is 2.43. The zero-order valence-corrected chi connectivity index (χ0v) is 7.66. The molecule has 0 aromatic rings. The van der Waals surface area contributed by atoms with Crippen molar-refractivity contribution in [3.8, 4) is 0 Å². The predicted octanol–water partition coefficient (Wildman–Crippen LogP) is 2.07. The van der Waals surface area contributed by atoms with E-state index in [0.717, 1.165) is 19.3 Å². The van der Waals surface area contributed by atoms with Crippen molar-refractivity contribution in [3.63, 3.8) is 0 Å². The second-order valence-electron chi connectivity index (χ2n) is 3.88.